The fourth-order valence-electron chi connectivity index (χ4n) is 2.65. The van der Waals surface area contributed by atoms with Crippen molar-refractivity contribution >= 4 is 29.9 Å². The Morgan fingerprint density at radius 2 is 2.21 bits per heavy atom. The first kappa shape index (κ1) is 20.9. The third-order valence-electron chi connectivity index (χ3n) is 4.15. The van der Waals surface area contributed by atoms with E-state index in [1.54, 1.807) is 13.1 Å². The second-order valence-corrected chi connectivity index (χ2v) is 5.84. The molecule has 1 unspecified atom stereocenters. The number of aliphatic hydroxyl groups excluding tert-OH is 1. The maximum Gasteiger partial charge on any atom is 0.191 e. The fourth-order valence-corrected chi connectivity index (χ4v) is 2.65. The lowest BCUT2D eigenvalue weighted by molar-refractivity contribution is 0.127. The number of aromatic hydroxyl groups is 1. The smallest absolute Gasteiger partial charge is 0.191 e. The summed E-state index contributed by atoms with van der Waals surface area (Å²) >= 11 is 0. The molecule has 0 bridgehead atoms. The van der Waals surface area contributed by atoms with Crippen LogP contribution in [0, 0.1) is 11.2 Å². The highest BCUT2D eigenvalue weighted by Crippen LogP contribution is 2.31. The van der Waals surface area contributed by atoms with Gasteiger partial charge in [0.2, 0.25) is 0 Å². The highest BCUT2D eigenvalue weighted by atomic mass is 127. The molecule has 1 saturated heterocycles. The SMILES string of the molecule is CN=C(NCc1ccc(O)c(F)c1)NCC1(CCO)CCOC1.I. The van der Waals surface area contributed by atoms with Gasteiger partial charge in [0.25, 0.3) is 0 Å². The first-order valence-electron chi connectivity index (χ1n) is 7.69. The minimum atomic E-state index is -0.641. The quantitative estimate of drug-likeness (QED) is 0.299. The van der Waals surface area contributed by atoms with Crippen molar-refractivity contribution in [1.82, 2.24) is 10.6 Å². The Morgan fingerprint density at radius 3 is 2.79 bits per heavy atom. The van der Waals surface area contributed by atoms with Crippen molar-refractivity contribution in [1.29, 1.82) is 0 Å². The van der Waals surface area contributed by atoms with Crippen molar-refractivity contribution in [3.05, 3.63) is 29.6 Å². The Morgan fingerprint density at radius 1 is 1.42 bits per heavy atom. The second kappa shape index (κ2) is 10.00. The minimum Gasteiger partial charge on any atom is -0.505 e. The van der Waals surface area contributed by atoms with Crippen LogP contribution in [0.25, 0.3) is 0 Å². The predicted octanol–water partition coefficient (Wildman–Crippen LogP) is 1.60. The normalized spacial score (nSPS) is 20.5. The van der Waals surface area contributed by atoms with Gasteiger partial charge in [-0.15, -0.1) is 24.0 Å². The van der Waals surface area contributed by atoms with Crippen molar-refractivity contribution in [2.24, 2.45) is 10.4 Å². The molecule has 0 saturated carbocycles. The van der Waals surface area contributed by atoms with E-state index in [9.17, 15) is 14.6 Å². The summed E-state index contributed by atoms with van der Waals surface area (Å²) < 4.78 is 18.8. The molecule has 8 heteroatoms. The number of guanidine groups is 1. The van der Waals surface area contributed by atoms with Gasteiger partial charge in [0.05, 0.1) is 6.61 Å². The molecule has 0 radical (unpaired) electrons. The maximum atomic E-state index is 13.3. The number of aliphatic hydroxyl groups is 1. The summed E-state index contributed by atoms with van der Waals surface area (Å²) in [5.74, 6) is -0.400. The summed E-state index contributed by atoms with van der Waals surface area (Å²) in [5.41, 5.74) is 0.634. The molecule has 1 atom stereocenters. The van der Waals surface area contributed by atoms with E-state index in [2.05, 4.69) is 15.6 Å². The van der Waals surface area contributed by atoms with Gasteiger partial charge in [-0.3, -0.25) is 4.99 Å². The molecule has 1 aromatic carbocycles. The van der Waals surface area contributed by atoms with Gasteiger partial charge in [-0.05, 0) is 30.5 Å². The van der Waals surface area contributed by atoms with Gasteiger partial charge in [-0.25, -0.2) is 4.39 Å². The Bertz CT molecular complexity index is 551. The van der Waals surface area contributed by atoms with Crippen LogP contribution in [0.3, 0.4) is 0 Å². The van der Waals surface area contributed by atoms with E-state index in [0.717, 1.165) is 6.42 Å². The summed E-state index contributed by atoms with van der Waals surface area (Å²) in [6, 6.07) is 4.26. The van der Waals surface area contributed by atoms with Gasteiger partial charge in [0.15, 0.2) is 17.5 Å². The summed E-state index contributed by atoms with van der Waals surface area (Å²) in [6.45, 7) is 2.50. The van der Waals surface area contributed by atoms with Crippen LogP contribution in [0.1, 0.15) is 18.4 Å². The van der Waals surface area contributed by atoms with E-state index in [1.807, 2.05) is 0 Å². The van der Waals surface area contributed by atoms with Crippen molar-refractivity contribution in [3.8, 4) is 5.75 Å². The largest absolute Gasteiger partial charge is 0.505 e. The number of nitrogens with zero attached hydrogens (tertiary/aromatic N) is 1. The fraction of sp³-hybridized carbons (Fsp3) is 0.562. The predicted molar refractivity (Wildman–Crippen MR) is 101 cm³/mol. The summed E-state index contributed by atoms with van der Waals surface area (Å²) in [5, 5.41) is 24.8. The van der Waals surface area contributed by atoms with Crippen LogP contribution in [0.4, 0.5) is 4.39 Å². The van der Waals surface area contributed by atoms with Crippen molar-refractivity contribution in [3.63, 3.8) is 0 Å². The second-order valence-electron chi connectivity index (χ2n) is 5.84. The first-order chi connectivity index (χ1) is 11.1. The van der Waals surface area contributed by atoms with Crippen molar-refractivity contribution < 1.29 is 19.3 Å². The Kier molecular flexibility index (Phi) is 8.71. The molecule has 1 aromatic rings. The minimum absolute atomic E-state index is 0. The molecule has 4 N–H and O–H groups in total. The highest BCUT2D eigenvalue weighted by Gasteiger charge is 2.34. The number of hydrogen-bond acceptors (Lipinski definition) is 4. The van der Waals surface area contributed by atoms with Crippen LogP contribution in [-0.4, -0.2) is 49.6 Å². The van der Waals surface area contributed by atoms with Gasteiger partial charge in [-0.2, -0.15) is 0 Å². The topological polar surface area (TPSA) is 86.1 Å². The zero-order valence-electron chi connectivity index (χ0n) is 13.7. The lowest BCUT2D eigenvalue weighted by atomic mass is 9.84. The van der Waals surface area contributed by atoms with Crippen LogP contribution >= 0.6 is 24.0 Å². The molecule has 2 rings (SSSR count). The van der Waals surface area contributed by atoms with E-state index in [1.165, 1.54) is 12.1 Å². The molecule has 1 aliphatic heterocycles. The average molecular weight is 453 g/mol. The number of rotatable bonds is 6. The van der Waals surface area contributed by atoms with E-state index in [0.29, 0.717) is 44.2 Å². The van der Waals surface area contributed by atoms with Gasteiger partial charge in [0.1, 0.15) is 0 Å². The number of phenolic OH excluding ortho intramolecular Hbond substituents is 1. The number of aliphatic imine (C=N–C) groups is 1. The Hall–Kier alpha value is -1.13. The summed E-state index contributed by atoms with van der Waals surface area (Å²) in [7, 11) is 1.66. The molecule has 0 spiro atoms. The molecule has 136 valence electrons. The monoisotopic (exact) mass is 453 g/mol. The van der Waals surface area contributed by atoms with Crippen molar-refractivity contribution in [2.75, 3.05) is 33.4 Å². The highest BCUT2D eigenvalue weighted by molar-refractivity contribution is 14.0. The van der Waals surface area contributed by atoms with Crippen LogP contribution in [0.2, 0.25) is 0 Å². The van der Waals surface area contributed by atoms with E-state index >= 15 is 0 Å². The third-order valence-corrected chi connectivity index (χ3v) is 4.15. The lowest BCUT2D eigenvalue weighted by Gasteiger charge is -2.27. The lowest BCUT2D eigenvalue weighted by Crippen LogP contribution is -2.44. The molecular weight excluding hydrogens is 428 g/mol. The van der Waals surface area contributed by atoms with E-state index in [4.69, 9.17) is 4.74 Å². The van der Waals surface area contributed by atoms with Crippen LogP contribution in [-0.2, 0) is 11.3 Å². The Labute approximate surface area is 158 Å². The summed E-state index contributed by atoms with van der Waals surface area (Å²) in [4.78, 5) is 4.14. The molecular formula is C16H25FIN3O3. The zero-order valence-corrected chi connectivity index (χ0v) is 16.0. The maximum absolute atomic E-state index is 13.3. The van der Waals surface area contributed by atoms with Crippen molar-refractivity contribution in [2.45, 2.75) is 19.4 Å². The molecule has 24 heavy (non-hydrogen) atoms. The average Bonchev–Trinajstić information content (AvgIpc) is 3.00. The molecule has 1 heterocycles. The molecule has 0 aliphatic carbocycles. The molecule has 0 amide bonds. The van der Waals surface area contributed by atoms with E-state index in [-0.39, 0.29) is 41.7 Å². The van der Waals surface area contributed by atoms with Crippen LogP contribution in [0.5, 0.6) is 5.75 Å². The van der Waals surface area contributed by atoms with Crippen LogP contribution in [0.15, 0.2) is 23.2 Å². The molecule has 6 nitrogen and oxygen atoms in total. The third kappa shape index (κ3) is 5.75. The summed E-state index contributed by atoms with van der Waals surface area (Å²) in [6.07, 6.45) is 1.58. The van der Waals surface area contributed by atoms with Gasteiger partial charge >= 0.3 is 0 Å². The van der Waals surface area contributed by atoms with Crippen LogP contribution < -0.4 is 10.6 Å². The molecule has 1 aliphatic rings. The van der Waals surface area contributed by atoms with E-state index < -0.39 is 5.82 Å². The van der Waals surface area contributed by atoms with Gasteiger partial charge in [0, 0.05) is 38.8 Å². The molecule has 1 fully saturated rings. The number of nitrogens with one attached hydrogen (secondary N) is 2. The van der Waals surface area contributed by atoms with Gasteiger partial charge in [-0.1, -0.05) is 6.07 Å². The molecule has 0 aromatic heterocycles. The van der Waals surface area contributed by atoms with Gasteiger partial charge < -0.3 is 25.6 Å². The number of halogens is 2. The number of hydrogen-bond donors (Lipinski definition) is 4. The zero-order chi connectivity index (χ0) is 16.7. The standard InChI is InChI=1S/C16H24FN3O3.HI/c1-18-15(19-9-12-2-3-14(22)13(17)8-12)20-10-16(4-6-21)5-7-23-11-16;/h2-3,8,21-22H,4-7,9-11H2,1H3,(H2,18,19,20);1H. The number of ether oxygens (including phenoxy) is 1. The Balaban J connectivity index is 0.00000288. The first-order valence-corrected chi connectivity index (χ1v) is 7.69. The number of phenols is 1. The number of benzene rings is 1.